The molecule has 9 heteroatoms. The molecule has 0 aliphatic rings. The number of rotatable bonds is 3. The lowest BCUT2D eigenvalue weighted by molar-refractivity contribution is -0.359. The molecule has 2 nitrogen and oxygen atoms in total. The predicted octanol–water partition coefficient (Wildman–Crippen LogP) is 1.14. The third-order valence-corrected chi connectivity index (χ3v) is 1.44. The van der Waals surface area contributed by atoms with Crippen LogP contribution in [0, 0.1) is 0 Å². The van der Waals surface area contributed by atoms with Gasteiger partial charge in [0.15, 0.2) is 0 Å². The van der Waals surface area contributed by atoms with E-state index in [0.717, 1.165) is 0 Å². The fraction of sp³-hybridized carbons (Fsp3) is 1.00. The van der Waals surface area contributed by atoms with Gasteiger partial charge in [0, 0.05) is 0 Å². The van der Waals surface area contributed by atoms with Gasteiger partial charge >= 0.3 is 18.0 Å². The maximum atomic E-state index is 12.3. The van der Waals surface area contributed by atoms with Gasteiger partial charge in [-0.2, -0.15) is 30.7 Å². The van der Waals surface area contributed by atoms with Crippen LogP contribution in [0.5, 0.6) is 0 Å². The molecule has 0 aromatic rings. The Hall–Kier alpha value is -0.570. The minimum absolute atomic E-state index is 1.68. The Morgan fingerprint density at radius 3 is 1.57 bits per heavy atom. The van der Waals surface area contributed by atoms with Gasteiger partial charge < -0.3 is 10.8 Å². The number of alkyl halides is 7. The second-order valence-electron chi connectivity index (χ2n) is 2.48. The minimum atomic E-state index is -6.41. The first-order valence-electron chi connectivity index (χ1n) is 3.17. The topological polar surface area (TPSA) is 46.2 Å². The van der Waals surface area contributed by atoms with Crippen LogP contribution in [0.3, 0.4) is 0 Å². The van der Waals surface area contributed by atoms with Gasteiger partial charge in [0.05, 0.1) is 12.6 Å². The molecule has 0 spiro atoms. The van der Waals surface area contributed by atoms with Crippen molar-refractivity contribution in [3.8, 4) is 0 Å². The lowest BCUT2D eigenvalue weighted by Crippen LogP contribution is -2.61. The van der Waals surface area contributed by atoms with Crippen LogP contribution in [0.4, 0.5) is 30.7 Å². The van der Waals surface area contributed by atoms with E-state index in [1.54, 1.807) is 0 Å². The summed E-state index contributed by atoms with van der Waals surface area (Å²) in [6.07, 6.45) is -6.41. The van der Waals surface area contributed by atoms with Crippen molar-refractivity contribution < 1.29 is 35.8 Å². The van der Waals surface area contributed by atoms with Crippen molar-refractivity contribution in [2.24, 2.45) is 5.73 Å². The number of hydrogen-bond donors (Lipinski definition) is 2. The molecule has 3 N–H and O–H groups in total. The van der Waals surface area contributed by atoms with E-state index in [-0.39, 0.29) is 0 Å². The van der Waals surface area contributed by atoms with Gasteiger partial charge in [-0.1, -0.05) is 0 Å². The molecule has 0 unspecified atom stereocenters. The zero-order valence-electron chi connectivity index (χ0n) is 6.45. The summed E-state index contributed by atoms with van der Waals surface area (Å²) < 4.78 is 83.2. The molecule has 0 aromatic carbocycles. The van der Waals surface area contributed by atoms with E-state index >= 15 is 0 Å². The van der Waals surface area contributed by atoms with Crippen LogP contribution in [0.25, 0.3) is 0 Å². The molecule has 0 rings (SSSR count). The Bertz CT molecular complexity index is 201. The summed E-state index contributed by atoms with van der Waals surface area (Å²) in [6.45, 7) is -1.68. The van der Waals surface area contributed by atoms with Crippen LogP contribution in [0.15, 0.2) is 0 Å². The van der Waals surface area contributed by atoms with Gasteiger partial charge in [-0.15, -0.1) is 0 Å². The highest BCUT2D eigenvalue weighted by molar-refractivity contribution is 4.97. The summed E-state index contributed by atoms with van der Waals surface area (Å²) in [5.41, 5.74) is 4.25. The second kappa shape index (κ2) is 3.54. The first-order valence-corrected chi connectivity index (χ1v) is 3.17. The Morgan fingerprint density at radius 2 is 1.36 bits per heavy atom. The summed E-state index contributed by atoms with van der Waals surface area (Å²) in [5.74, 6) is -11.8. The smallest absolute Gasteiger partial charge is 0.395 e. The van der Waals surface area contributed by atoms with Crippen molar-refractivity contribution in [2.75, 3.05) is 6.61 Å². The first-order chi connectivity index (χ1) is 5.98. The molecule has 0 saturated heterocycles. The zero-order chi connectivity index (χ0) is 11.8. The van der Waals surface area contributed by atoms with E-state index in [9.17, 15) is 30.7 Å². The number of nitrogens with two attached hydrogens (primary N) is 1. The number of aliphatic hydroxyl groups excluding tert-OH is 1. The van der Waals surface area contributed by atoms with Crippen LogP contribution in [-0.2, 0) is 0 Å². The summed E-state index contributed by atoms with van der Waals surface area (Å²) in [6, 6.07) is -2.97. The lowest BCUT2D eigenvalue weighted by atomic mass is 10.0. The molecule has 0 amide bonds. The van der Waals surface area contributed by atoms with Crippen LogP contribution in [-0.4, -0.2) is 35.8 Å². The van der Waals surface area contributed by atoms with E-state index in [1.807, 2.05) is 0 Å². The molecule has 0 aromatic heterocycles. The van der Waals surface area contributed by atoms with Gasteiger partial charge in [0.25, 0.3) is 0 Å². The maximum Gasteiger partial charge on any atom is 0.459 e. The first kappa shape index (κ1) is 13.4. The Kier molecular flexibility index (Phi) is 3.39. The largest absolute Gasteiger partial charge is 0.459 e. The molecule has 14 heavy (non-hydrogen) atoms. The summed E-state index contributed by atoms with van der Waals surface area (Å²) in [4.78, 5) is 0. The third kappa shape index (κ3) is 1.92. The molecule has 0 fully saturated rings. The number of aliphatic hydroxyl groups is 1. The molecular weight excluding hydrogens is 223 g/mol. The third-order valence-electron chi connectivity index (χ3n) is 1.44. The Labute approximate surface area is 73.5 Å². The van der Waals surface area contributed by atoms with Gasteiger partial charge in [-0.3, -0.25) is 0 Å². The summed E-state index contributed by atoms with van der Waals surface area (Å²) in [7, 11) is 0. The van der Waals surface area contributed by atoms with Crippen LogP contribution in [0.1, 0.15) is 0 Å². The molecule has 0 aliphatic heterocycles. The van der Waals surface area contributed by atoms with Gasteiger partial charge in [0.2, 0.25) is 0 Å². The fourth-order valence-corrected chi connectivity index (χ4v) is 0.536. The molecule has 1 atom stereocenters. The lowest BCUT2D eigenvalue weighted by Gasteiger charge is -2.31. The fourth-order valence-electron chi connectivity index (χ4n) is 0.536. The molecule has 86 valence electrons. The predicted molar refractivity (Wildman–Crippen MR) is 31.0 cm³/mol. The van der Waals surface area contributed by atoms with E-state index in [1.165, 1.54) is 0 Å². The maximum absolute atomic E-state index is 12.3. The molecule has 0 radical (unpaired) electrons. The minimum Gasteiger partial charge on any atom is -0.395 e. The average Bonchev–Trinajstić information content (AvgIpc) is 2.00. The monoisotopic (exact) mass is 229 g/mol. The SMILES string of the molecule is N[C@H](CO)C(F)(F)C(F)(F)C(F)(F)F. The van der Waals surface area contributed by atoms with E-state index in [0.29, 0.717) is 0 Å². The number of hydrogen-bond acceptors (Lipinski definition) is 2. The Balaban J connectivity index is 5.07. The van der Waals surface area contributed by atoms with Gasteiger partial charge in [-0.05, 0) is 0 Å². The van der Waals surface area contributed by atoms with Crippen molar-refractivity contribution in [1.82, 2.24) is 0 Å². The number of halogens is 7. The standard InChI is InChI=1S/C5H6F7NO/c6-3(7,2(13)1-14)4(8,9)5(10,11)12/h2,14H,1,13H2/t2-/m1/s1. The zero-order valence-corrected chi connectivity index (χ0v) is 6.45. The highest BCUT2D eigenvalue weighted by atomic mass is 19.4. The van der Waals surface area contributed by atoms with Crippen molar-refractivity contribution in [2.45, 2.75) is 24.1 Å². The molecule has 0 bridgehead atoms. The highest BCUT2D eigenvalue weighted by Crippen LogP contribution is 2.47. The molecule has 0 aliphatic carbocycles. The van der Waals surface area contributed by atoms with Crippen molar-refractivity contribution >= 4 is 0 Å². The summed E-state index contributed by atoms with van der Waals surface area (Å²) in [5, 5.41) is 7.99. The second-order valence-corrected chi connectivity index (χ2v) is 2.48. The molecular formula is C5H6F7NO. The summed E-state index contributed by atoms with van der Waals surface area (Å²) >= 11 is 0. The average molecular weight is 229 g/mol. The Morgan fingerprint density at radius 1 is 1.00 bits per heavy atom. The van der Waals surface area contributed by atoms with E-state index in [4.69, 9.17) is 5.11 Å². The molecule has 0 saturated carbocycles. The van der Waals surface area contributed by atoms with E-state index in [2.05, 4.69) is 5.73 Å². The van der Waals surface area contributed by atoms with Gasteiger partial charge in [0.1, 0.15) is 0 Å². The van der Waals surface area contributed by atoms with Crippen molar-refractivity contribution in [3.05, 3.63) is 0 Å². The van der Waals surface area contributed by atoms with Crippen LogP contribution < -0.4 is 5.73 Å². The van der Waals surface area contributed by atoms with E-state index < -0.39 is 30.7 Å². The van der Waals surface area contributed by atoms with Crippen LogP contribution in [0.2, 0.25) is 0 Å². The molecule has 0 heterocycles. The van der Waals surface area contributed by atoms with Gasteiger partial charge in [-0.25, -0.2) is 0 Å². The quantitative estimate of drug-likeness (QED) is 0.713. The van der Waals surface area contributed by atoms with Crippen molar-refractivity contribution in [3.63, 3.8) is 0 Å². The van der Waals surface area contributed by atoms with Crippen molar-refractivity contribution in [1.29, 1.82) is 0 Å². The normalized spacial score (nSPS) is 16.9. The highest BCUT2D eigenvalue weighted by Gasteiger charge is 2.74. The van der Waals surface area contributed by atoms with Crippen LogP contribution >= 0.6 is 0 Å².